The summed E-state index contributed by atoms with van der Waals surface area (Å²) in [5, 5.41) is 2.73. The Labute approximate surface area is 129 Å². The zero-order chi connectivity index (χ0) is 15.7. The van der Waals surface area contributed by atoms with Gasteiger partial charge in [-0.05, 0) is 37.1 Å². The first-order valence-corrected chi connectivity index (χ1v) is 7.72. The highest BCUT2D eigenvalue weighted by Gasteiger charge is 2.33. The first kappa shape index (κ1) is 15.0. The maximum Gasteiger partial charge on any atom is 0.416 e. The van der Waals surface area contributed by atoms with Crippen LogP contribution in [0.5, 0.6) is 0 Å². The number of alkyl halides is 3. The van der Waals surface area contributed by atoms with E-state index in [4.69, 9.17) is 0 Å². The first-order valence-electron chi connectivity index (χ1n) is 6.84. The number of hydrogen-bond acceptors (Lipinski definition) is 3. The third kappa shape index (κ3) is 2.85. The lowest BCUT2D eigenvalue weighted by molar-refractivity contribution is -0.137. The Balaban J connectivity index is 1.81. The highest BCUT2D eigenvalue weighted by atomic mass is 32.1. The molecular formula is C15H13F3N2OS. The number of benzene rings is 1. The van der Waals surface area contributed by atoms with Crippen molar-refractivity contribution < 1.29 is 18.0 Å². The van der Waals surface area contributed by atoms with Gasteiger partial charge in [0.15, 0.2) is 0 Å². The summed E-state index contributed by atoms with van der Waals surface area (Å²) >= 11 is 1.49. The molecule has 3 nitrogen and oxygen atoms in total. The van der Waals surface area contributed by atoms with Crippen LogP contribution in [0.4, 0.5) is 13.2 Å². The van der Waals surface area contributed by atoms with Crippen molar-refractivity contribution in [2.24, 2.45) is 0 Å². The van der Waals surface area contributed by atoms with Gasteiger partial charge in [0.05, 0.1) is 11.6 Å². The fourth-order valence-corrected chi connectivity index (χ4v) is 3.42. The van der Waals surface area contributed by atoms with Gasteiger partial charge in [-0.1, -0.05) is 0 Å². The van der Waals surface area contributed by atoms with Crippen LogP contribution in [-0.2, 0) is 6.18 Å². The summed E-state index contributed by atoms with van der Waals surface area (Å²) in [6.07, 6.45) is -0.992. The van der Waals surface area contributed by atoms with Gasteiger partial charge in [-0.15, -0.1) is 11.3 Å². The van der Waals surface area contributed by atoms with Gasteiger partial charge in [0.25, 0.3) is 5.91 Å². The van der Waals surface area contributed by atoms with Crippen LogP contribution in [-0.4, -0.2) is 22.3 Å². The molecule has 1 saturated heterocycles. The van der Waals surface area contributed by atoms with Crippen LogP contribution in [0.1, 0.15) is 39.8 Å². The number of halogens is 3. The molecule has 0 aliphatic carbocycles. The quantitative estimate of drug-likeness (QED) is 0.831. The Hall–Kier alpha value is -1.89. The number of likely N-dealkylation sites (tertiary alicyclic amines) is 1. The third-order valence-corrected chi connectivity index (χ3v) is 4.59. The second-order valence-electron chi connectivity index (χ2n) is 5.10. The molecule has 1 aliphatic heterocycles. The molecule has 0 saturated carbocycles. The molecule has 1 unspecified atom stereocenters. The van der Waals surface area contributed by atoms with Crippen molar-refractivity contribution in [1.82, 2.24) is 9.88 Å². The number of carbonyl (C=O) groups is 1. The van der Waals surface area contributed by atoms with Crippen LogP contribution in [0.2, 0.25) is 0 Å². The van der Waals surface area contributed by atoms with E-state index in [0.29, 0.717) is 6.54 Å². The number of hydrogen-bond donors (Lipinski definition) is 0. The average molecular weight is 326 g/mol. The Bertz CT molecular complexity index is 652. The summed E-state index contributed by atoms with van der Waals surface area (Å²) in [6.45, 7) is 0.601. The smallest absolute Gasteiger partial charge is 0.329 e. The minimum Gasteiger partial charge on any atom is -0.329 e. The van der Waals surface area contributed by atoms with E-state index in [-0.39, 0.29) is 17.5 Å². The van der Waals surface area contributed by atoms with Crippen molar-refractivity contribution >= 4 is 17.2 Å². The van der Waals surface area contributed by atoms with Gasteiger partial charge in [0.1, 0.15) is 5.01 Å². The topological polar surface area (TPSA) is 33.2 Å². The zero-order valence-corrected chi connectivity index (χ0v) is 12.3. The van der Waals surface area contributed by atoms with Gasteiger partial charge in [0.2, 0.25) is 0 Å². The predicted octanol–water partition coefficient (Wildman–Crippen LogP) is 4.14. The molecule has 1 aromatic carbocycles. The maximum atomic E-state index is 12.6. The molecule has 22 heavy (non-hydrogen) atoms. The van der Waals surface area contributed by atoms with Gasteiger partial charge >= 0.3 is 6.18 Å². The van der Waals surface area contributed by atoms with E-state index in [0.717, 1.165) is 30.0 Å². The molecule has 0 bridgehead atoms. The van der Waals surface area contributed by atoms with Gasteiger partial charge < -0.3 is 4.90 Å². The first-order chi connectivity index (χ1) is 10.5. The summed E-state index contributed by atoms with van der Waals surface area (Å²) in [6, 6.07) is 4.29. The van der Waals surface area contributed by atoms with Crippen molar-refractivity contribution in [3.05, 3.63) is 52.0 Å². The second kappa shape index (κ2) is 5.72. The molecule has 1 atom stereocenters. The summed E-state index contributed by atoms with van der Waals surface area (Å²) in [5.41, 5.74) is -0.474. The summed E-state index contributed by atoms with van der Waals surface area (Å²) in [4.78, 5) is 18.5. The highest BCUT2D eigenvalue weighted by molar-refractivity contribution is 7.09. The van der Waals surface area contributed by atoms with Crippen LogP contribution < -0.4 is 0 Å². The summed E-state index contributed by atoms with van der Waals surface area (Å²) in [7, 11) is 0. The van der Waals surface area contributed by atoms with E-state index >= 15 is 0 Å². The van der Waals surface area contributed by atoms with Crippen LogP contribution in [0, 0.1) is 0 Å². The Morgan fingerprint density at radius 1 is 1.27 bits per heavy atom. The van der Waals surface area contributed by atoms with Gasteiger partial charge in [0, 0.05) is 23.7 Å². The van der Waals surface area contributed by atoms with E-state index in [9.17, 15) is 18.0 Å². The number of amides is 1. The van der Waals surface area contributed by atoms with E-state index in [1.807, 2.05) is 5.38 Å². The van der Waals surface area contributed by atoms with Crippen LogP contribution in [0.3, 0.4) is 0 Å². The maximum absolute atomic E-state index is 12.6. The fourth-order valence-electron chi connectivity index (χ4n) is 2.63. The molecule has 0 spiro atoms. The lowest BCUT2D eigenvalue weighted by atomic mass is 10.1. The minimum absolute atomic E-state index is 0.0743. The average Bonchev–Trinajstić information content (AvgIpc) is 3.16. The second-order valence-corrected chi connectivity index (χ2v) is 6.03. The fraction of sp³-hybridized carbons (Fsp3) is 0.333. The molecule has 2 heterocycles. The lowest BCUT2D eigenvalue weighted by Crippen LogP contribution is -2.30. The van der Waals surface area contributed by atoms with E-state index < -0.39 is 11.7 Å². The Morgan fingerprint density at radius 2 is 2.00 bits per heavy atom. The molecule has 0 N–H and O–H groups in total. The zero-order valence-electron chi connectivity index (χ0n) is 11.5. The predicted molar refractivity (Wildman–Crippen MR) is 76.6 cm³/mol. The van der Waals surface area contributed by atoms with Gasteiger partial charge in [-0.25, -0.2) is 4.98 Å². The number of nitrogens with zero attached hydrogens (tertiary/aromatic N) is 2. The van der Waals surface area contributed by atoms with Crippen molar-refractivity contribution in [3.8, 4) is 0 Å². The highest BCUT2D eigenvalue weighted by Crippen LogP contribution is 2.34. The van der Waals surface area contributed by atoms with Crippen molar-refractivity contribution in [1.29, 1.82) is 0 Å². The number of rotatable bonds is 2. The third-order valence-electron chi connectivity index (χ3n) is 3.71. The Kier molecular flexibility index (Phi) is 3.90. The lowest BCUT2D eigenvalue weighted by Gasteiger charge is -2.23. The van der Waals surface area contributed by atoms with E-state index in [2.05, 4.69) is 4.98 Å². The SMILES string of the molecule is O=C(c1ccc(C(F)(F)F)cc1)N1CCCC1c1nccs1. The Morgan fingerprint density at radius 3 is 2.59 bits per heavy atom. The molecule has 116 valence electrons. The van der Waals surface area contributed by atoms with Gasteiger partial charge in [-0.3, -0.25) is 4.79 Å². The number of carbonyl (C=O) groups excluding carboxylic acids is 1. The molecule has 2 aromatic rings. The molecule has 1 aliphatic rings. The van der Waals surface area contributed by atoms with E-state index in [1.165, 1.54) is 23.5 Å². The molecule has 7 heteroatoms. The summed E-state index contributed by atoms with van der Waals surface area (Å²) in [5.74, 6) is -0.244. The van der Waals surface area contributed by atoms with Crippen LogP contribution in [0.25, 0.3) is 0 Å². The monoisotopic (exact) mass is 326 g/mol. The van der Waals surface area contributed by atoms with Crippen molar-refractivity contribution in [2.45, 2.75) is 25.1 Å². The standard InChI is InChI=1S/C15H13F3N2OS/c16-15(17,18)11-5-3-10(4-6-11)14(21)20-8-1-2-12(20)13-19-7-9-22-13/h3-7,9,12H,1-2,8H2. The molecule has 1 aromatic heterocycles. The van der Waals surface area contributed by atoms with Crippen LogP contribution in [0.15, 0.2) is 35.8 Å². The van der Waals surface area contributed by atoms with Crippen LogP contribution >= 0.6 is 11.3 Å². The molecule has 1 amide bonds. The number of aromatic nitrogens is 1. The van der Waals surface area contributed by atoms with Gasteiger partial charge in [-0.2, -0.15) is 13.2 Å². The minimum atomic E-state index is -4.39. The normalized spacial score (nSPS) is 18.7. The molecular weight excluding hydrogens is 313 g/mol. The van der Waals surface area contributed by atoms with E-state index in [1.54, 1.807) is 11.1 Å². The summed E-state index contributed by atoms with van der Waals surface area (Å²) < 4.78 is 37.7. The van der Waals surface area contributed by atoms with Crippen molar-refractivity contribution in [3.63, 3.8) is 0 Å². The molecule has 3 rings (SSSR count). The molecule has 1 fully saturated rings. The number of thiazole rings is 1. The van der Waals surface area contributed by atoms with Crippen molar-refractivity contribution in [2.75, 3.05) is 6.54 Å². The molecule has 0 radical (unpaired) electrons. The largest absolute Gasteiger partial charge is 0.416 e.